The molecule has 1 saturated heterocycles. The Kier molecular flexibility index (Phi) is 7.60. The lowest BCUT2D eigenvalue weighted by molar-refractivity contribution is -0.155. The number of H-pyrrole nitrogens is 1. The molecule has 0 unspecified atom stereocenters. The lowest BCUT2D eigenvalue weighted by atomic mass is 10.1. The van der Waals surface area contributed by atoms with Crippen molar-refractivity contribution in [2.75, 3.05) is 6.61 Å². The highest BCUT2D eigenvalue weighted by atomic mass is 35.5. The Morgan fingerprint density at radius 1 is 1.12 bits per heavy atom. The molecule has 12 nitrogen and oxygen atoms in total. The number of hydrogen-bond acceptors (Lipinski definition) is 10. The van der Waals surface area contributed by atoms with Gasteiger partial charge in [0.1, 0.15) is 23.8 Å². The van der Waals surface area contributed by atoms with E-state index in [0.29, 0.717) is 0 Å². The summed E-state index contributed by atoms with van der Waals surface area (Å²) in [7, 11) is -4.41. The number of halogens is 1. The van der Waals surface area contributed by atoms with Gasteiger partial charge in [-0.3, -0.25) is 28.1 Å². The molecule has 1 aliphatic heterocycles. The van der Waals surface area contributed by atoms with Crippen molar-refractivity contribution in [3.05, 3.63) is 61.9 Å². The largest absolute Gasteiger partial charge is 0.463 e. The number of carbonyl (C=O) groups excluding carboxylic acids is 2. The molecule has 3 rings (SSSR count). The minimum Gasteiger partial charge on any atom is -0.463 e. The third-order valence-corrected chi connectivity index (χ3v) is 6.38. The van der Waals surface area contributed by atoms with Gasteiger partial charge >= 0.3 is 17.6 Å². The Bertz CT molecular complexity index is 1300. The van der Waals surface area contributed by atoms with Crippen molar-refractivity contribution in [1.82, 2.24) is 9.55 Å². The van der Waals surface area contributed by atoms with Crippen LogP contribution < -0.4 is 11.2 Å². The molecule has 0 saturated carbocycles. The number of nitrogens with one attached hydrogen (secondary N) is 1. The van der Waals surface area contributed by atoms with Crippen LogP contribution in [0.3, 0.4) is 0 Å². The lowest BCUT2D eigenvalue weighted by Gasteiger charge is -2.24. The fraction of sp³-hybridized carbons (Fsp3) is 0.400. The van der Waals surface area contributed by atoms with Crippen LogP contribution in [-0.4, -0.2) is 54.8 Å². The molecule has 34 heavy (non-hydrogen) atoms. The zero-order valence-corrected chi connectivity index (χ0v) is 19.8. The maximum atomic E-state index is 13.0. The number of rotatable bonds is 7. The van der Waals surface area contributed by atoms with E-state index in [2.05, 4.69) is 0 Å². The number of aromatic nitrogens is 2. The van der Waals surface area contributed by atoms with Gasteiger partial charge in [0.05, 0.1) is 4.90 Å². The summed E-state index contributed by atoms with van der Waals surface area (Å²) in [6.45, 7) is 3.47. The van der Waals surface area contributed by atoms with Crippen LogP contribution in [0.15, 0.2) is 44.9 Å². The van der Waals surface area contributed by atoms with Gasteiger partial charge in [-0.05, 0) is 19.1 Å². The van der Waals surface area contributed by atoms with E-state index in [-0.39, 0.29) is 9.92 Å². The average molecular weight is 517 g/mol. The second-order valence-electron chi connectivity index (χ2n) is 7.41. The molecule has 1 fully saturated rings. The van der Waals surface area contributed by atoms with Crippen molar-refractivity contribution in [3.63, 3.8) is 0 Å². The highest BCUT2D eigenvalue weighted by Gasteiger charge is 2.51. The summed E-state index contributed by atoms with van der Waals surface area (Å²) < 4.78 is 48.1. The molecule has 0 aliphatic carbocycles. The van der Waals surface area contributed by atoms with E-state index in [4.69, 9.17) is 30.0 Å². The Morgan fingerprint density at radius 2 is 1.76 bits per heavy atom. The summed E-state index contributed by atoms with van der Waals surface area (Å²) in [4.78, 5) is 49.0. The maximum Gasteiger partial charge on any atom is 0.330 e. The summed E-state index contributed by atoms with van der Waals surface area (Å²) in [5.41, 5.74) is -1.02. The summed E-state index contributed by atoms with van der Waals surface area (Å²) in [6.07, 6.45) is -4.83. The molecule has 2 aromatic rings. The molecule has 1 aromatic heterocycles. The van der Waals surface area contributed by atoms with Crippen LogP contribution in [0.1, 0.15) is 25.6 Å². The van der Waals surface area contributed by atoms with Gasteiger partial charge < -0.3 is 14.2 Å². The molecule has 0 spiro atoms. The molecule has 14 heteroatoms. The van der Waals surface area contributed by atoms with Crippen LogP contribution in [-0.2, 0) is 38.1 Å². The van der Waals surface area contributed by atoms with Crippen molar-refractivity contribution in [1.29, 1.82) is 0 Å². The summed E-state index contributed by atoms with van der Waals surface area (Å²) in [5, 5.41) is -0.377. The molecule has 184 valence electrons. The van der Waals surface area contributed by atoms with Crippen LogP contribution in [0.25, 0.3) is 0 Å². The van der Waals surface area contributed by atoms with Gasteiger partial charge in [-0.15, -0.1) is 0 Å². The van der Waals surface area contributed by atoms with Gasteiger partial charge in [-0.1, -0.05) is 29.3 Å². The first-order valence-corrected chi connectivity index (χ1v) is 11.6. The number of esters is 2. The number of benzene rings is 1. The molecule has 0 amide bonds. The summed E-state index contributed by atoms with van der Waals surface area (Å²) in [6, 6.07) is 5.77. The fourth-order valence-electron chi connectivity index (χ4n) is 3.26. The Balaban J connectivity index is 2.06. The maximum absolute atomic E-state index is 13.0. The highest BCUT2D eigenvalue weighted by molar-refractivity contribution is 7.86. The Hall–Kier alpha value is -3.00. The van der Waals surface area contributed by atoms with Crippen molar-refractivity contribution >= 4 is 33.7 Å². The fourth-order valence-corrected chi connectivity index (χ4v) is 4.51. The molecular formula is C20H21ClN2O10S. The van der Waals surface area contributed by atoms with Crippen molar-refractivity contribution in [2.45, 2.75) is 50.2 Å². The van der Waals surface area contributed by atoms with Crippen LogP contribution in [0.4, 0.5) is 0 Å². The lowest BCUT2D eigenvalue weighted by Crippen LogP contribution is -2.42. The van der Waals surface area contributed by atoms with Crippen LogP contribution in [0.2, 0.25) is 5.02 Å². The van der Waals surface area contributed by atoms with Crippen LogP contribution >= 0.6 is 11.6 Å². The Labute approximate surface area is 198 Å². The van der Waals surface area contributed by atoms with Crippen molar-refractivity contribution in [3.8, 4) is 0 Å². The van der Waals surface area contributed by atoms with E-state index in [1.54, 1.807) is 19.1 Å². The van der Waals surface area contributed by atoms with E-state index in [1.165, 1.54) is 12.1 Å². The monoisotopic (exact) mass is 516 g/mol. The predicted molar refractivity (Wildman–Crippen MR) is 116 cm³/mol. The molecule has 2 heterocycles. The molecule has 1 N–H and O–H groups in total. The molecule has 0 bridgehead atoms. The number of aromatic amines is 1. The SMILES string of the molecule is CC(=O)OC[C@H]1O[C@@H](n2cc(Cl)c(=O)[nH]c2=O)[C@H](OC(C)=O)[C@H]1OS(=O)(=O)c1ccc(C)cc1. The number of aryl methyl sites for hydroxylation is 1. The minimum atomic E-state index is -4.41. The highest BCUT2D eigenvalue weighted by Crippen LogP contribution is 2.35. The number of carbonyl (C=O) groups is 2. The standard InChI is InChI=1S/C20H21ClN2O10S/c1-10-4-6-13(7-5-10)34(28,29)33-16-15(9-30-11(2)24)32-19(17(16)31-12(3)25)23-8-14(21)18(26)22-20(23)27/h4-8,15-17,19H,9H2,1-3H3,(H,22,26,27)/t15-,16+,17-,19-/m1/s1. The van der Waals surface area contributed by atoms with E-state index in [9.17, 15) is 27.6 Å². The topological polar surface area (TPSA) is 160 Å². The number of ether oxygens (including phenoxy) is 3. The molecule has 1 aliphatic rings. The number of nitrogens with zero attached hydrogens (tertiary/aromatic N) is 1. The van der Waals surface area contributed by atoms with Crippen molar-refractivity contribution in [2.24, 2.45) is 0 Å². The minimum absolute atomic E-state index is 0.182. The molecule has 1 aromatic carbocycles. The summed E-state index contributed by atoms with van der Waals surface area (Å²) in [5.74, 6) is -1.53. The first kappa shape index (κ1) is 25.6. The quantitative estimate of drug-likeness (QED) is 0.409. The molecular weight excluding hydrogens is 496 g/mol. The smallest absolute Gasteiger partial charge is 0.330 e. The molecule has 0 radical (unpaired) electrons. The van der Waals surface area contributed by atoms with E-state index in [1.807, 2.05) is 4.98 Å². The first-order valence-electron chi connectivity index (χ1n) is 9.86. The second kappa shape index (κ2) is 10.1. The normalized spacial score (nSPS) is 22.4. The van der Waals surface area contributed by atoms with Gasteiger partial charge in [0.15, 0.2) is 12.3 Å². The van der Waals surface area contributed by atoms with E-state index >= 15 is 0 Å². The predicted octanol–water partition coefficient (Wildman–Crippen LogP) is 0.665. The first-order chi connectivity index (χ1) is 15.9. The zero-order valence-electron chi connectivity index (χ0n) is 18.2. The van der Waals surface area contributed by atoms with Gasteiger partial charge in [0.2, 0.25) is 0 Å². The van der Waals surface area contributed by atoms with Crippen molar-refractivity contribution < 1.29 is 36.4 Å². The van der Waals surface area contributed by atoms with Gasteiger partial charge in [0.25, 0.3) is 15.7 Å². The van der Waals surface area contributed by atoms with E-state index < -0.39 is 64.5 Å². The van der Waals surface area contributed by atoms with Gasteiger partial charge in [-0.2, -0.15) is 8.42 Å². The average Bonchev–Trinajstić information content (AvgIpc) is 3.05. The van der Waals surface area contributed by atoms with Crippen LogP contribution in [0.5, 0.6) is 0 Å². The van der Waals surface area contributed by atoms with Gasteiger partial charge in [0, 0.05) is 20.0 Å². The summed E-state index contributed by atoms with van der Waals surface area (Å²) >= 11 is 5.83. The zero-order chi connectivity index (χ0) is 25.2. The van der Waals surface area contributed by atoms with Crippen LogP contribution in [0, 0.1) is 6.92 Å². The van der Waals surface area contributed by atoms with E-state index in [0.717, 1.165) is 30.2 Å². The second-order valence-corrected chi connectivity index (χ2v) is 9.39. The van der Waals surface area contributed by atoms with Gasteiger partial charge in [-0.25, -0.2) is 4.79 Å². The number of hydrogen-bond donors (Lipinski definition) is 1. The third kappa shape index (κ3) is 5.73. The molecule has 4 atom stereocenters. The Morgan fingerprint density at radius 3 is 2.35 bits per heavy atom. The third-order valence-electron chi connectivity index (χ3n) is 4.78.